The Morgan fingerprint density at radius 2 is 1.75 bits per heavy atom. The number of aromatic nitrogens is 1. The van der Waals surface area contributed by atoms with Gasteiger partial charge in [0.25, 0.3) is 5.91 Å². The molecule has 2 aromatic heterocycles. The molecule has 5 aromatic rings. The van der Waals surface area contributed by atoms with Gasteiger partial charge in [-0.1, -0.05) is 46.9 Å². The van der Waals surface area contributed by atoms with E-state index in [9.17, 15) is 4.79 Å². The van der Waals surface area contributed by atoms with Gasteiger partial charge in [-0.2, -0.15) is 0 Å². The fraction of sp³-hybridized carbons (Fsp3) is 0.0385. The van der Waals surface area contributed by atoms with Crippen molar-refractivity contribution in [1.29, 1.82) is 0 Å². The molecule has 3 aromatic carbocycles. The number of benzene rings is 3. The maximum Gasteiger partial charge on any atom is 0.293 e. The summed E-state index contributed by atoms with van der Waals surface area (Å²) in [7, 11) is 0. The quantitative estimate of drug-likeness (QED) is 0.217. The number of fused-ring (bicyclic) bond motifs is 1. The zero-order valence-corrected chi connectivity index (χ0v) is 21.6. The number of carbonyl (C=O) groups excluding carboxylic acids is 1. The Bertz CT molecular complexity index is 1640. The summed E-state index contributed by atoms with van der Waals surface area (Å²) in [6, 6.07) is 19.2. The molecule has 0 fully saturated rings. The molecule has 6 nitrogen and oxygen atoms in total. The van der Waals surface area contributed by atoms with Crippen LogP contribution in [0.1, 0.15) is 16.1 Å². The van der Waals surface area contributed by atoms with Crippen molar-refractivity contribution in [2.75, 3.05) is 5.32 Å². The molecule has 2 N–H and O–H groups in total. The van der Waals surface area contributed by atoms with Gasteiger partial charge >= 0.3 is 0 Å². The summed E-state index contributed by atoms with van der Waals surface area (Å²) < 4.78 is 11.5. The number of furan rings is 1. The van der Waals surface area contributed by atoms with Crippen molar-refractivity contribution in [3.8, 4) is 22.8 Å². The fourth-order valence-electron chi connectivity index (χ4n) is 3.55. The van der Waals surface area contributed by atoms with E-state index in [4.69, 9.17) is 55.9 Å². The van der Waals surface area contributed by atoms with Crippen LogP contribution in [0, 0.1) is 6.92 Å². The van der Waals surface area contributed by atoms with E-state index in [1.807, 2.05) is 25.1 Å². The van der Waals surface area contributed by atoms with Gasteiger partial charge in [0.1, 0.15) is 11.3 Å². The molecule has 2 heterocycles. The molecule has 0 spiro atoms. The molecule has 0 aliphatic carbocycles. The first-order chi connectivity index (χ1) is 17.3. The summed E-state index contributed by atoms with van der Waals surface area (Å²) in [6.45, 7) is 1.98. The van der Waals surface area contributed by atoms with Crippen LogP contribution in [0.25, 0.3) is 33.9 Å². The van der Waals surface area contributed by atoms with Crippen LogP contribution >= 0.6 is 47.0 Å². The number of rotatable bonds is 4. The Labute approximate surface area is 226 Å². The average molecular weight is 557 g/mol. The lowest BCUT2D eigenvalue weighted by atomic mass is 10.2. The third-order valence-electron chi connectivity index (χ3n) is 5.27. The predicted molar refractivity (Wildman–Crippen MR) is 147 cm³/mol. The maximum atomic E-state index is 12.7. The molecule has 180 valence electrons. The van der Waals surface area contributed by atoms with Crippen molar-refractivity contribution in [3.63, 3.8) is 0 Å². The van der Waals surface area contributed by atoms with Gasteiger partial charge in [-0.15, -0.1) is 0 Å². The van der Waals surface area contributed by atoms with Gasteiger partial charge in [0, 0.05) is 11.3 Å². The minimum atomic E-state index is -0.527. The van der Waals surface area contributed by atoms with E-state index in [1.165, 1.54) is 6.07 Å². The highest BCUT2D eigenvalue weighted by atomic mass is 35.5. The lowest BCUT2D eigenvalue weighted by Gasteiger charge is -2.10. The lowest BCUT2D eigenvalue weighted by molar-refractivity contribution is 0.0951. The van der Waals surface area contributed by atoms with Crippen LogP contribution in [0.4, 0.5) is 5.69 Å². The number of amides is 1. The molecular weight excluding hydrogens is 541 g/mol. The number of carbonyl (C=O) groups is 1. The first kappa shape index (κ1) is 24.3. The van der Waals surface area contributed by atoms with E-state index >= 15 is 0 Å². The van der Waals surface area contributed by atoms with Gasteiger partial charge in [0.05, 0.1) is 20.6 Å². The molecule has 0 saturated carbocycles. The molecule has 0 aliphatic heterocycles. The Hall–Kier alpha value is -3.36. The van der Waals surface area contributed by atoms with E-state index in [0.717, 1.165) is 11.1 Å². The Balaban J connectivity index is 1.30. The third kappa shape index (κ3) is 4.96. The average Bonchev–Trinajstić information content (AvgIpc) is 3.49. The second-order valence-electron chi connectivity index (χ2n) is 7.86. The van der Waals surface area contributed by atoms with E-state index in [2.05, 4.69) is 15.6 Å². The first-order valence-electron chi connectivity index (χ1n) is 10.6. The number of nitrogens with zero attached hydrogens (tertiary/aromatic N) is 1. The number of halogens is 3. The number of anilines is 1. The minimum Gasteiger partial charge on any atom is -0.451 e. The van der Waals surface area contributed by atoms with E-state index in [1.54, 1.807) is 42.5 Å². The second-order valence-corrected chi connectivity index (χ2v) is 9.46. The zero-order chi connectivity index (χ0) is 25.4. The number of aryl methyl sites for hydroxylation is 1. The Morgan fingerprint density at radius 1 is 0.917 bits per heavy atom. The summed E-state index contributed by atoms with van der Waals surface area (Å²) in [5.74, 6) is 0.313. The van der Waals surface area contributed by atoms with E-state index in [-0.39, 0.29) is 10.9 Å². The second kappa shape index (κ2) is 9.95. The maximum absolute atomic E-state index is 12.7. The van der Waals surface area contributed by atoms with Crippen LogP contribution in [0.5, 0.6) is 0 Å². The van der Waals surface area contributed by atoms with Crippen molar-refractivity contribution in [3.05, 3.63) is 93.1 Å². The number of thiocarbonyl (C=S) groups is 1. The van der Waals surface area contributed by atoms with Crippen LogP contribution < -0.4 is 10.6 Å². The molecule has 0 radical (unpaired) electrons. The number of hydrogen-bond acceptors (Lipinski definition) is 5. The standard InChI is InChI=1S/C26H16Cl3N3O3S/c1-13-5-8-21-19(11-13)31-25(35-21)16-12-14(6-7-17(16)27)30-26(36)32-24(33)22-10-9-20(34-22)15-3-2-4-18(28)23(15)29/h2-12H,1H3,(H2,30,32,33,36). The Morgan fingerprint density at radius 3 is 2.58 bits per heavy atom. The van der Waals surface area contributed by atoms with Gasteiger partial charge < -0.3 is 14.2 Å². The van der Waals surface area contributed by atoms with Crippen LogP contribution in [0.2, 0.25) is 15.1 Å². The molecule has 0 saturated heterocycles. The van der Waals surface area contributed by atoms with Gasteiger partial charge in [-0.3, -0.25) is 10.1 Å². The van der Waals surface area contributed by atoms with Crippen molar-refractivity contribution < 1.29 is 13.6 Å². The molecule has 10 heteroatoms. The van der Waals surface area contributed by atoms with E-state index < -0.39 is 5.91 Å². The van der Waals surface area contributed by atoms with Gasteiger partial charge in [-0.05, 0) is 79.3 Å². The monoisotopic (exact) mass is 555 g/mol. The van der Waals surface area contributed by atoms with Gasteiger partial charge in [-0.25, -0.2) is 4.98 Å². The summed E-state index contributed by atoms with van der Waals surface area (Å²) in [6.07, 6.45) is 0. The SMILES string of the molecule is Cc1ccc2oc(-c3cc(NC(=S)NC(=O)c4ccc(-c5cccc(Cl)c5Cl)o4)ccc3Cl)nc2c1. The molecular formula is C26H16Cl3N3O3S. The summed E-state index contributed by atoms with van der Waals surface area (Å²) in [4.78, 5) is 17.2. The summed E-state index contributed by atoms with van der Waals surface area (Å²) in [5, 5.41) is 6.82. The lowest BCUT2D eigenvalue weighted by Crippen LogP contribution is -2.33. The predicted octanol–water partition coefficient (Wildman–Crippen LogP) is 8.15. The van der Waals surface area contributed by atoms with Crippen molar-refractivity contribution in [2.24, 2.45) is 0 Å². The molecule has 5 rings (SSSR count). The topological polar surface area (TPSA) is 80.3 Å². The summed E-state index contributed by atoms with van der Waals surface area (Å²) in [5.41, 5.74) is 4.21. The summed E-state index contributed by atoms with van der Waals surface area (Å²) >= 11 is 24.0. The highest BCUT2D eigenvalue weighted by Crippen LogP contribution is 2.35. The molecule has 0 atom stereocenters. The molecule has 36 heavy (non-hydrogen) atoms. The molecule has 1 amide bonds. The largest absolute Gasteiger partial charge is 0.451 e. The van der Waals surface area contributed by atoms with Gasteiger partial charge in [0.2, 0.25) is 5.89 Å². The minimum absolute atomic E-state index is 0.0590. The van der Waals surface area contributed by atoms with Crippen LogP contribution in [-0.4, -0.2) is 16.0 Å². The number of hydrogen-bond donors (Lipinski definition) is 2. The first-order valence-corrected chi connectivity index (χ1v) is 12.2. The van der Waals surface area contributed by atoms with Crippen LogP contribution in [0.15, 0.2) is 75.6 Å². The highest BCUT2D eigenvalue weighted by molar-refractivity contribution is 7.80. The molecule has 0 aliphatic rings. The highest BCUT2D eigenvalue weighted by Gasteiger charge is 2.17. The smallest absolute Gasteiger partial charge is 0.293 e. The molecule has 0 bridgehead atoms. The number of nitrogens with one attached hydrogen (secondary N) is 2. The van der Waals surface area contributed by atoms with Crippen molar-refractivity contribution in [2.45, 2.75) is 6.92 Å². The van der Waals surface area contributed by atoms with Crippen molar-refractivity contribution >= 4 is 74.8 Å². The third-order valence-corrected chi connectivity index (χ3v) is 6.62. The zero-order valence-electron chi connectivity index (χ0n) is 18.6. The molecule has 0 unspecified atom stereocenters. The fourth-order valence-corrected chi connectivity index (χ4v) is 4.35. The van der Waals surface area contributed by atoms with Crippen LogP contribution in [0.3, 0.4) is 0 Å². The number of oxazole rings is 1. The van der Waals surface area contributed by atoms with E-state index in [0.29, 0.717) is 49.1 Å². The Kier molecular flexibility index (Phi) is 6.73. The van der Waals surface area contributed by atoms with Gasteiger partial charge in [0.15, 0.2) is 16.5 Å². The van der Waals surface area contributed by atoms with Crippen LogP contribution in [-0.2, 0) is 0 Å². The normalized spacial score (nSPS) is 11.0. The van der Waals surface area contributed by atoms with Crippen molar-refractivity contribution in [1.82, 2.24) is 10.3 Å².